The summed E-state index contributed by atoms with van der Waals surface area (Å²) in [5.41, 5.74) is 5.27. The summed E-state index contributed by atoms with van der Waals surface area (Å²) >= 11 is 0. The van der Waals surface area contributed by atoms with Crippen LogP contribution in [0.2, 0.25) is 0 Å². The van der Waals surface area contributed by atoms with E-state index < -0.39 is 5.91 Å². The smallest absolute Gasteiger partial charge is 0.320 e. The molecule has 1 aliphatic carbocycles. The Morgan fingerprint density at radius 3 is 2.22 bits per heavy atom. The zero-order chi connectivity index (χ0) is 13.7. The molecule has 0 aromatic carbocycles. The van der Waals surface area contributed by atoms with Crippen molar-refractivity contribution in [1.29, 1.82) is 0 Å². The van der Waals surface area contributed by atoms with Crippen molar-refractivity contribution in [2.75, 3.05) is 13.1 Å². The zero-order valence-corrected chi connectivity index (χ0v) is 11.7. The van der Waals surface area contributed by atoms with E-state index >= 15 is 0 Å². The van der Waals surface area contributed by atoms with Crippen molar-refractivity contribution in [1.82, 2.24) is 9.80 Å². The van der Waals surface area contributed by atoms with Gasteiger partial charge in [-0.25, -0.2) is 4.79 Å². The van der Waals surface area contributed by atoms with Crippen molar-refractivity contribution in [3.63, 3.8) is 0 Å². The SMILES string of the molecule is CCN(C(=O)N(CC(N)=O)C1CCCC1)C(C)C. The van der Waals surface area contributed by atoms with Crippen molar-refractivity contribution in [2.45, 2.75) is 58.5 Å². The summed E-state index contributed by atoms with van der Waals surface area (Å²) < 4.78 is 0. The molecule has 5 heteroatoms. The summed E-state index contributed by atoms with van der Waals surface area (Å²) in [5, 5.41) is 0. The van der Waals surface area contributed by atoms with Gasteiger partial charge in [0, 0.05) is 18.6 Å². The Bertz CT molecular complexity index is 299. The van der Waals surface area contributed by atoms with Crippen LogP contribution in [0.4, 0.5) is 4.79 Å². The Morgan fingerprint density at radius 2 is 1.83 bits per heavy atom. The van der Waals surface area contributed by atoms with Crippen LogP contribution in [0, 0.1) is 0 Å². The second-order valence-corrected chi connectivity index (χ2v) is 5.19. The average molecular weight is 255 g/mol. The van der Waals surface area contributed by atoms with Crippen LogP contribution < -0.4 is 5.73 Å². The Kier molecular flexibility index (Phi) is 5.44. The van der Waals surface area contributed by atoms with E-state index in [1.807, 2.05) is 20.8 Å². The van der Waals surface area contributed by atoms with Crippen LogP contribution >= 0.6 is 0 Å². The van der Waals surface area contributed by atoms with Gasteiger partial charge in [0.1, 0.15) is 6.54 Å². The van der Waals surface area contributed by atoms with E-state index in [0.29, 0.717) is 6.54 Å². The average Bonchev–Trinajstić information content (AvgIpc) is 2.79. The molecule has 1 saturated carbocycles. The Balaban J connectivity index is 2.80. The lowest BCUT2D eigenvalue weighted by Crippen LogP contribution is -2.52. The molecule has 0 heterocycles. The molecule has 0 aromatic rings. The highest BCUT2D eigenvalue weighted by molar-refractivity contribution is 5.83. The second-order valence-electron chi connectivity index (χ2n) is 5.19. The maximum atomic E-state index is 12.5. The maximum Gasteiger partial charge on any atom is 0.320 e. The van der Waals surface area contributed by atoms with E-state index in [1.54, 1.807) is 9.80 Å². The molecule has 2 N–H and O–H groups in total. The number of hydrogen-bond acceptors (Lipinski definition) is 2. The number of amides is 3. The molecule has 1 fully saturated rings. The quantitative estimate of drug-likeness (QED) is 0.810. The van der Waals surface area contributed by atoms with E-state index in [1.165, 1.54) is 0 Å². The minimum Gasteiger partial charge on any atom is -0.368 e. The molecule has 0 aromatic heterocycles. The first-order valence-corrected chi connectivity index (χ1v) is 6.82. The molecule has 3 amide bonds. The summed E-state index contributed by atoms with van der Waals surface area (Å²) in [6.07, 6.45) is 4.21. The standard InChI is InChI=1S/C13H25N3O2/c1-4-15(10(2)3)13(18)16(9-12(14)17)11-7-5-6-8-11/h10-11H,4-9H2,1-3H3,(H2,14,17). The summed E-state index contributed by atoms with van der Waals surface area (Å²) in [7, 11) is 0. The lowest BCUT2D eigenvalue weighted by molar-refractivity contribution is -0.119. The first-order valence-electron chi connectivity index (χ1n) is 6.82. The summed E-state index contributed by atoms with van der Waals surface area (Å²) in [6.45, 7) is 6.61. The zero-order valence-electron chi connectivity index (χ0n) is 11.7. The fourth-order valence-corrected chi connectivity index (χ4v) is 2.62. The number of rotatable bonds is 5. The molecule has 104 valence electrons. The highest BCUT2D eigenvalue weighted by atomic mass is 16.2. The van der Waals surface area contributed by atoms with Crippen LogP contribution in [0.25, 0.3) is 0 Å². The van der Waals surface area contributed by atoms with Crippen molar-refractivity contribution in [2.24, 2.45) is 5.73 Å². The normalized spacial score (nSPS) is 16.0. The van der Waals surface area contributed by atoms with Crippen LogP contribution in [-0.4, -0.2) is 46.9 Å². The molecular weight excluding hydrogens is 230 g/mol. The Morgan fingerprint density at radius 1 is 1.28 bits per heavy atom. The predicted octanol–water partition coefficient (Wildman–Crippen LogP) is 1.57. The first-order chi connectivity index (χ1) is 8.47. The molecule has 0 saturated heterocycles. The van der Waals surface area contributed by atoms with Crippen LogP contribution in [-0.2, 0) is 4.79 Å². The van der Waals surface area contributed by atoms with E-state index in [-0.39, 0.29) is 24.7 Å². The Labute approximate surface area is 109 Å². The molecule has 0 radical (unpaired) electrons. The Hall–Kier alpha value is -1.26. The molecule has 0 atom stereocenters. The fraction of sp³-hybridized carbons (Fsp3) is 0.846. The number of nitrogens with two attached hydrogens (primary N) is 1. The number of carbonyl (C=O) groups is 2. The molecule has 18 heavy (non-hydrogen) atoms. The van der Waals surface area contributed by atoms with Crippen LogP contribution in [0.5, 0.6) is 0 Å². The summed E-state index contributed by atoms with van der Waals surface area (Å²) in [6, 6.07) is 0.260. The van der Waals surface area contributed by atoms with Gasteiger partial charge in [-0.2, -0.15) is 0 Å². The largest absolute Gasteiger partial charge is 0.368 e. The minimum absolute atomic E-state index is 0.0344. The molecule has 1 aliphatic rings. The van der Waals surface area contributed by atoms with Crippen LogP contribution in [0.15, 0.2) is 0 Å². The third kappa shape index (κ3) is 3.62. The number of carbonyl (C=O) groups excluding carboxylic acids is 2. The molecule has 0 spiro atoms. The topological polar surface area (TPSA) is 66.6 Å². The van der Waals surface area contributed by atoms with Gasteiger partial charge in [-0.1, -0.05) is 12.8 Å². The van der Waals surface area contributed by atoms with E-state index in [0.717, 1.165) is 25.7 Å². The fourth-order valence-electron chi connectivity index (χ4n) is 2.62. The number of hydrogen-bond donors (Lipinski definition) is 1. The van der Waals surface area contributed by atoms with Gasteiger partial charge in [0.05, 0.1) is 0 Å². The van der Waals surface area contributed by atoms with E-state index in [2.05, 4.69) is 0 Å². The van der Waals surface area contributed by atoms with E-state index in [4.69, 9.17) is 5.73 Å². The second kappa shape index (κ2) is 6.61. The van der Waals surface area contributed by atoms with E-state index in [9.17, 15) is 9.59 Å². The van der Waals surface area contributed by atoms with Crippen LogP contribution in [0.3, 0.4) is 0 Å². The van der Waals surface area contributed by atoms with Gasteiger partial charge in [0.15, 0.2) is 0 Å². The van der Waals surface area contributed by atoms with Gasteiger partial charge in [0.25, 0.3) is 0 Å². The maximum absolute atomic E-state index is 12.5. The molecule has 1 rings (SSSR count). The van der Waals surface area contributed by atoms with Crippen molar-refractivity contribution >= 4 is 11.9 Å². The highest BCUT2D eigenvalue weighted by Crippen LogP contribution is 2.24. The third-order valence-electron chi connectivity index (χ3n) is 3.55. The van der Waals surface area contributed by atoms with Gasteiger partial charge < -0.3 is 15.5 Å². The molecule has 0 aliphatic heterocycles. The predicted molar refractivity (Wildman–Crippen MR) is 71.1 cm³/mol. The molecule has 5 nitrogen and oxygen atoms in total. The number of primary amides is 1. The van der Waals surface area contributed by atoms with Crippen molar-refractivity contribution in [3.05, 3.63) is 0 Å². The lowest BCUT2D eigenvalue weighted by atomic mass is 10.2. The number of urea groups is 1. The van der Waals surface area contributed by atoms with Crippen LogP contribution in [0.1, 0.15) is 46.5 Å². The van der Waals surface area contributed by atoms with Gasteiger partial charge in [-0.05, 0) is 33.6 Å². The molecule has 0 bridgehead atoms. The van der Waals surface area contributed by atoms with Gasteiger partial charge in [-0.3, -0.25) is 4.79 Å². The van der Waals surface area contributed by atoms with Gasteiger partial charge >= 0.3 is 6.03 Å². The minimum atomic E-state index is -0.435. The monoisotopic (exact) mass is 255 g/mol. The first kappa shape index (κ1) is 14.8. The summed E-state index contributed by atoms with van der Waals surface area (Å²) in [4.78, 5) is 27.1. The van der Waals surface area contributed by atoms with Gasteiger partial charge in [0.2, 0.25) is 5.91 Å². The highest BCUT2D eigenvalue weighted by Gasteiger charge is 2.31. The molecular formula is C13H25N3O2. The molecule has 0 unspecified atom stereocenters. The summed E-state index contributed by atoms with van der Waals surface area (Å²) in [5.74, 6) is -0.435. The van der Waals surface area contributed by atoms with Gasteiger partial charge in [-0.15, -0.1) is 0 Å². The third-order valence-corrected chi connectivity index (χ3v) is 3.55. The van der Waals surface area contributed by atoms with Crippen molar-refractivity contribution < 1.29 is 9.59 Å². The lowest BCUT2D eigenvalue weighted by Gasteiger charge is -2.35. The number of nitrogens with zero attached hydrogens (tertiary/aromatic N) is 2. The van der Waals surface area contributed by atoms with Crippen molar-refractivity contribution in [3.8, 4) is 0 Å².